The number of aromatic nitrogens is 1. The van der Waals surface area contributed by atoms with Gasteiger partial charge in [0.05, 0.1) is 5.56 Å². The number of amides is 1. The van der Waals surface area contributed by atoms with Crippen LogP contribution in [0.2, 0.25) is 0 Å². The van der Waals surface area contributed by atoms with Gasteiger partial charge in [-0.2, -0.15) is 0 Å². The maximum atomic E-state index is 11.4. The Morgan fingerprint density at radius 3 is 3.08 bits per heavy atom. The molecule has 0 aliphatic rings. The Hall–Kier alpha value is -0.610. The number of nitrogens with zero attached hydrogens (tertiary/aromatic N) is 1. The minimum absolute atomic E-state index is 0.144. The molecule has 5 heteroatoms. The van der Waals surface area contributed by atoms with E-state index in [9.17, 15) is 4.79 Å². The van der Waals surface area contributed by atoms with Gasteiger partial charge < -0.3 is 5.32 Å². The van der Waals surface area contributed by atoms with Crippen LogP contribution in [-0.4, -0.2) is 23.3 Å². The van der Waals surface area contributed by atoms with Crippen molar-refractivity contribution < 1.29 is 4.79 Å². The van der Waals surface area contributed by atoms with Crippen molar-refractivity contribution in [3.05, 3.63) is 28.5 Å². The number of carbonyl (C=O) groups is 1. The van der Waals surface area contributed by atoms with Crippen molar-refractivity contribution in [3.8, 4) is 0 Å². The molecule has 70 valence electrons. The molecule has 1 aromatic rings. The van der Waals surface area contributed by atoms with E-state index in [-0.39, 0.29) is 5.91 Å². The van der Waals surface area contributed by atoms with Crippen molar-refractivity contribution in [2.75, 3.05) is 12.4 Å². The lowest BCUT2D eigenvalue weighted by molar-refractivity contribution is 0.0955. The Bertz CT molecular complexity index is 306. The van der Waals surface area contributed by atoms with Crippen molar-refractivity contribution in [1.82, 2.24) is 10.3 Å². The minimum Gasteiger partial charge on any atom is -0.351 e. The molecule has 1 rings (SSSR count). The lowest BCUT2D eigenvalue weighted by atomic mass is 10.2. The van der Waals surface area contributed by atoms with E-state index in [1.807, 2.05) is 0 Å². The SMILES string of the molecule is O=C(NCCCl)c1ccncc1Br. The molecule has 0 atom stereocenters. The molecule has 1 aromatic heterocycles. The van der Waals surface area contributed by atoms with Crippen molar-refractivity contribution >= 4 is 33.4 Å². The molecule has 0 unspecified atom stereocenters. The maximum Gasteiger partial charge on any atom is 0.252 e. The average molecular weight is 264 g/mol. The molecule has 0 saturated carbocycles. The van der Waals surface area contributed by atoms with Crippen molar-refractivity contribution in [1.29, 1.82) is 0 Å². The van der Waals surface area contributed by atoms with Gasteiger partial charge in [-0.1, -0.05) is 0 Å². The van der Waals surface area contributed by atoms with Gasteiger partial charge in [0.15, 0.2) is 0 Å². The third-order valence-corrected chi connectivity index (χ3v) is 2.22. The van der Waals surface area contributed by atoms with Crippen LogP contribution in [0.4, 0.5) is 0 Å². The summed E-state index contributed by atoms with van der Waals surface area (Å²) >= 11 is 8.67. The number of pyridine rings is 1. The van der Waals surface area contributed by atoms with E-state index in [0.717, 1.165) is 0 Å². The zero-order valence-corrected chi connectivity index (χ0v) is 9.10. The molecule has 0 saturated heterocycles. The smallest absolute Gasteiger partial charge is 0.252 e. The van der Waals surface area contributed by atoms with E-state index in [1.54, 1.807) is 18.5 Å². The van der Waals surface area contributed by atoms with Crippen LogP contribution in [-0.2, 0) is 0 Å². The summed E-state index contributed by atoms with van der Waals surface area (Å²) in [6, 6.07) is 1.65. The number of hydrogen-bond donors (Lipinski definition) is 1. The lowest BCUT2D eigenvalue weighted by Crippen LogP contribution is -2.25. The minimum atomic E-state index is -0.144. The second-order valence-electron chi connectivity index (χ2n) is 2.30. The van der Waals surface area contributed by atoms with Gasteiger partial charge in [0.25, 0.3) is 5.91 Å². The number of halogens is 2. The van der Waals surface area contributed by atoms with Crippen LogP contribution in [0.25, 0.3) is 0 Å². The highest BCUT2D eigenvalue weighted by atomic mass is 79.9. The number of hydrogen-bond acceptors (Lipinski definition) is 2. The molecule has 0 spiro atoms. The van der Waals surface area contributed by atoms with Crippen molar-refractivity contribution in [2.24, 2.45) is 0 Å². The summed E-state index contributed by atoms with van der Waals surface area (Å²) in [5, 5.41) is 2.66. The fraction of sp³-hybridized carbons (Fsp3) is 0.250. The maximum absolute atomic E-state index is 11.4. The first kappa shape index (κ1) is 10.5. The van der Waals surface area contributed by atoms with E-state index in [4.69, 9.17) is 11.6 Å². The summed E-state index contributed by atoms with van der Waals surface area (Å²) < 4.78 is 0.682. The van der Waals surface area contributed by atoms with Crippen LogP contribution in [0.15, 0.2) is 22.9 Å². The highest BCUT2D eigenvalue weighted by Gasteiger charge is 2.07. The largest absolute Gasteiger partial charge is 0.351 e. The van der Waals surface area contributed by atoms with Crippen molar-refractivity contribution in [3.63, 3.8) is 0 Å². The van der Waals surface area contributed by atoms with Gasteiger partial charge in [0, 0.05) is 29.3 Å². The lowest BCUT2D eigenvalue weighted by Gasteiger charge is -2.03. The van der Waals surface area contributed by atoms with Crippen LogP contribution in [0, 0.1) is 0 Å². The molecule has 0 aromatic carbocycles. The second-order valence-corrected chi connectivity index (χ2v) is 3.53. The van der Waals surface area contributed by atoms with Gasteiger partial charge in [-0.25, -0.2) is 0 Å². The predicted molar refractivity (Wildman–Crippen MR) is 55.0 cm³/mol. The first-order valence-electron chi connectivity index (χ1n) is 3.69. The summed E-state index contributed by atoms with van der Waals surface area (Å²) in [7, 11) is 0. The van der Waals surface area contributed by atoms with Crippen LogP contribution in [0.5, 0.6) is 0 Å². The van der Waals surface area contributed by atoms with Gasteiger partial charge in [-0.05, 0) is 22.0 Å². The summed E-state index contributed by atoms with van der Waals surface area (Å²) in [4.78, 5) is 15.3. The number of carbonyl (C=O) groups excluding carboxylic acids is 1. The fourth-order valence-corrected chi connectivity index (χ4v) is 1.34. The third-order valence-electron chi connectivity index (χ3n) is 1.40. The standard InChI is InChI=1S/C8H8BrClN2O/c9-7-5-11-3-1-6(7)8(13)12-4-2-10/h1,3,5H,2,4H2,(H,12,13). The van der Waals surface area contributed by atoms with E-state index < -0.39 is 0 Å². The molecule has 1 N–H and O–H groups in total. The summed E-state index contributed by atoms with van der Waals surface area (Å²) in [6.07, 6.45) is 3.15. The van der Waals surface area contributed by atoms with E-state index >= 15 is 0 Å². The number of nitrogens with one attached hydrogen (secondary N) is 1. The molecule has 0 bridgehead atoms. The van der Waals surface area contributed by atoms with Crippen LogP contribution in [0.3, 0.4) is 0 Å². The molecule has 1 amide bonds. The highest BCUT2D eigenvalue weighted by molar-refractivity contribution is 9.10. The van der Waals surface area contributed by atoms with E-state index in [2.05, 4.69) is 26.2 Å². The van der Waals surface area contributed by atoms with Crippen LogP contribution in [0.1, 0.15) is 10.4 Å². The molecular weight excluding hydrogens is 255 g/mol. The third kappa shape index (κ3) is 2.97. The molecule has 0 radical (unpaired) electrons. The second kappa shape index (κ2) is 5.19. The average Bonchev–Trinajstić information content (AvgIpc) is 2.15. The molecule has 1 heterocycles. The predicted octanol–water partition coefficient (Wildman–Crippen LogP) is 1.81. The molecule has 0 aliphatic carbocycles. The molecular formula is C8H8BrClN2O. The zero-order valence-electron chi connectivity index (χ0n) is 6.76. The van der Waals surface area contributed by atoms with E-state index in [0.29, 0.717) is 22.5 Å². The Balaban J connectivity index is 2.71. The topological polar surface area (TPSA) is 42.0 Å². The molecule has 13 heavy (non-hydrogen) atoms. The van der Waals surface area contributed by atoms with Gasteiger partial charge in [0.2, 0.25) is 0 Å². The first-order valence-corrected chi connectivity index (χ1v) is 5.02. The van der Waals surface area contributed by atoms with E-state index in [1.165, 1.54) is 0 Å². The summed E-state index contributed by atoms with van der Waals surface area (Å²) in [5.74, 6) is 0.268. The summed E-state index contributed by atoms with van der Waals surface area (Å²) in [5.41, 5.74) is 0.570. The Morgan fingerprint density at radius 2 is 2.46 bits per heavy atom. The fourth-order valence-electron chi connectivity index (χ4n) is 0.815. The first-order chi connectivity index (χ1) is 6.25. The van der Waals surface area contributed by atoms with Crippen LogP contribution < -0.4 is 5.32 Å². The van der Waals surface area contributed by atoms with Gasteiger partial charge >= 0.3 is 0 Å². The van der Waals surface area contributed by atoms with Gasteiger partial charge in [-0.3, -0.25) is 9.78 Å². The van der Waals surface area contributed by atoms with Crippen molar-refractivity contribution in [2.45, 2.75) is 0 Å². The van der Waals surface area contributed by atoms with Gasteiger partial charge in [-0.15, -0.1) is 11.6 Å². The molecule has 0 fully saturated rings. The number of rotatable bonds is 3. The quantitative estimate of drug-likeness (QED) is 0.845. The normalized spacial score (nSPS) is 9.69. The Morgan fingerprint density at radius 1 is 1.69 bits per heavy atom. The molecule has 3 nitrogen and oxygen atoms in total. The number of alkyl halides is 1. The van der Waals surface area contributed by atoms with Crippen LogP contribution >= 0.6 is 27.5 Å². The monoisotopic (exact) mass is 262 g/mol. The zero-order chi connectivity index (χ0) is 9.68. The summed E-state index contributed by atoms with van der Waals surface area (Å²) in [6.45, 7) is 0.467. The Labute approximate surface area is 89.6 Å². The van der Waals surface area contributed by atoms with Gasteiger partial charge in [0.1, 0.15) is 0 Å². The Kier molecular flexibility index (Phi) is 4.18. The highest BCUT2D eigenvalue weighted by Crippen LogP contribution is 2.13. The molecule has 0 aliphatic heterocycles.